The van der Waals surface area contributed by atoms with Gasteiger partial charge in [0.1, 0.15) is 13.2 Å². The monoisotopic (exact) mass is 1030 g/mol. The van der Waals surface area contributed by atoms with Gasteiger partial charge in [-0.1, -0.05) is 306 Å². The molecule has 0 aromatic carbocycles. The van der Waals surface area contributed by atoms with Gasteiger partial charge in [-0.2, -0.15) is 0 Å². The Hall–Kier alpha value is -3.15. The van der Waals surface area contributed by atoms with Gasteiger partial charge >= 0.3 is 17.9 Å². The average Bonchev–Trinajstić information content (AvgIpc) is 3.40. The lowest BCUT2D eigenvalue weighted by molar-refractivity contribution is -0.167. The highest BCUT2D eigenvalue weighted by Crippen LogP contribution is 2.17. The number of allylic oxidation sites excluding steroid dienone is 12. The smallest absolute Gasteiger partial charge is 0.306 e. The number of carbonyl (C=O) groups excluding carboxylic acids is 3. The quantitative estimate of drug-likeness (QED) is 0.0261. The maximum absolute atomic E-state index is 12.8. The fraction of sp³-hybridized carbons (Fsp3) is 0.779. The Kier molecular flexibility index (Phi) is 59.7. The standard InChI is InChI=1S/C68H120O6/c1-4-7-10-13-16-19-22-24-25-26-27-28-29-30-31-32-33-34-35-36-37-38-39-40-41-42-43-45-46-49-52-55-58-61-67(70)73-64-65(63-72-66(69)60-57-54-51-48-21-18-15-12-9-6-3)74-68(71)62-59-56-53-50-47-44-23-20-17-14-11-8-5-2/h7,10,16,19,24-25,27-28,30-31,33-34,65H,4-6,8-9,11-15,17-18,20-23,26,29,32,35-64H2,1-3H3/b10-7-,19-16-,25-24-,28-27-,31-30-,34-33-. The number of carbonyl (C=O) groups is 3. The zero-order chi connectivity index (χ0) is 53.6. The molecule has 0 saturated heterocycles. The summed E-state index contributed by atoms with van der Waals surface area (Å²) in [4.78, 5) is 38.1. The third kappa shape index (κ3) is 59.7. The van der Waals surface area contributed by atoms with Gasteiger partial charge in [0.25, 0.3) is 0 Å². The van der Waals surface area contributed by atoms with Crippen molar-refractivity contribution in [3.63, 3.8) is 0 Å². The molecule has 6 nitrogen and oxygen atoms in total. The minimum Gasteiger partial charge on any atom is -0.462 e. The summed E-state index contributed by atoms with van der Waals surface area (Å²) in [6, 6.07) is 0. The average molecular weight is 1030 g/mol. The van der Waals surface area contributed by atoms with Crippen molar-refractivity contribution < 1.29 is 28.6 Å². The van der Waals surface area contributed by atoms with E-state index < -0.39 is 6.10 Å². The van der Waals surface area contributed by atoms with Crippen molar-refractivity contribution in [2.24, 2.45) is 0 Å². The molecule has 0 aliphatic carbocycles. The van der Waals surface area contributed by atoms with Crippen LogP contribution >= 0.6 is 0 Å². The summed E-state index contributed by atoms with van der Waals surface area (Å²) >= 11 is 0. The minimum absolute atomic E-state index is 0.0689. The molecule has 0 aromatic rings. The maximum atomic E-state index is 12.8. The molecule has 0 heterocycles. The van der Waals surface area contributed by atoms with Crippen LogP contribution in [0.15, 0.2) is 72.9 Å². The molecule has 0 rings (SSSR count). The molecule has 0 N–H and O–H groups in total. The number of unbranched alkanes of at least 4 members (excludes halogenated alkanes) is 35. The third-order valence-electron chi connectivity index (χ3n) is 14.0. The van der Waals surface area contributed by atoms with Crippen LogP contribution in [0.5, 0.6) is 0 Å². The molecule has 0 fully saturated rings. The van der Waals surface area contributed by atoms with E-state index in [1.54, 1.807) is 0 Å². The van der Waals surface area contributed by atoms with Gasteiger partial charge in [0, 0.05) is 19.3 Å². The highest BCUT2D eigenvalue weighted by molar-refractivity contribution is 5.71. The summed E-state index contributed by atoms with van der Waals surface area (Å²) in [5.74, 6) is -0.855. The normalized spacial score (nSPS) is 12.5. The first-order valence-electron chi connectivity index (χ1n) is 31.9. The molecule has 1 unspecified atom stereocenters. The van der Waals surface area contributed by atoms with Crippen LogP contribution < -0.4 is 0 Å². The van der Waals surface area contributed by atoms with Gasteiger partial charge in [0.15, 0.2) is 6.10 Å². The molecule has 0 amide bonds. The second-order valence-electron chi connectivity index (χ2n) is 21.3. The minimum atomic E-state index is -0.769. The molecule has 74 heavy (non-hydrogen) atoms. The van der Waals surface area contributed by atoms with Crippen LogP contribution in [0, 0.1) is 0 Å². The Morgan fingerprint density at radius 2 is 0.527 bits per heavy atom. The molecule has 0 bridgehead atoms. The van der Waals surface area contributed by atoms with E-state index in [4.69, 9.17) is 14.2 Å². The lowest BCUT2D eigenvalue weighted by atomic mass is 10.0. The number of esters is 3. The molecule has 0 aliphatic heterocycles. The summed E-state index contributed by atoms with van der Waals surface area (Å²) in [5.41, 5.74) is 0. The summed E-state index contributed by atoms with van der Waals surface area (Å²) in [6.07, 6.45) is 80.7. The number of ether oxygens (including phenoxy) is 3. The molecule has 0 saturated carbocycles. The third-order valence-corrected chi connectivity index (χ3v) is 14.0. The van der Waals surface area contributed by atoms with Gasteiger partial charge in [-0.25, -0.2) is 0 Å². The number of rotatable bonds is 58. The fourth-order valence-electron chi connectivity index (χ4n) is 9.21. The second-order valence-corrected chi connectivity index (χ2v) is 21.3. The molecular weight excluding hydrogens is 913 g/mol. The van der Waals surface area contributed by atoms with Crippen LogP contribution in [0.25, 0.3) is 0 Å². The molecule has 0 aromatic heterocycles. The Bertz CT molecular complexity index is 1370. The van der Waals surface area contributed by atoms with Crippen LogP contribution in [-0.4, -0.2) is 37.2 Å². The van der Waals surface area contributed by atoms with Crippen LogP contribution in [0.2, 0.25) is 0 Å². The first kappa shape index (κ1) is 70.8. The highest BCUT2D eigenvalue weighted by atomic mass is 16.6. The second kappa shape index (κ2) is 62.4. The van der Waals surface area contributed by atoms with E-state index in [1.165, 1.54) is 186 Å². The summed E-state index contributed by atoms with van der Waals surface area (Å²) in [6.45, 7) is 6.54. The topological polar surface area (TPSA) is 78.9 Å². The van der Waals surface area contributed by atoms with Crippen LogP contribution in [0.1, 0.15) is 323 Å². The van der Waals surface area contributed by atoms with E-state index in [9.17, 15) is 14.4 Å². The zero-order valence-corrected chi connectivity index (χ0v) is 49.1. The predicted molar refractivity (Wildman–Crippen MR) is 321 cm³/mol. The summed E-state index contributed by atoms with van der Waals surface area (Å²) in [7, 11) is 0. The first-order valence-corrected chi connectivity index (χ1v) is 31.9. The Balaban J connectivity index is 4.08. The van der Waals surface area contributed by atoms with Gasteiger partial charge in [0.2, 0.25) is 0 Å². The summed E-state index contributed by atoms with van der Waals surface area (Å²) < 4.78 is 16.9. The molecular formula is C68H120O6. The van der Waals surface area contributed by atoms with Crippen molar-refractivity contribution in [2.75, 3.05) is 13.2 Å². The van der Waals surface area contributed by atoms with Gasteiger partial charge in [-0.05, 0) is 70.6 Å². The van der Waals surface area contributed by atoms with Gasteiger partial charge in [0.05, 0.1) is 0 Å². The molecule has 428 valence electrons. The van der Waals surface area contributed by atoms with Gasteiger partial charge in [-0.3, -0.25) is 14.4 Å². The van der Waals surface area contributed by atoms with E-state index in [0.29, 0.717) is 19.3 Å². The van der Waals surface area contributed by atoms with Crippen LogP contribution in [0.4, 0.5) is 0 Å². The molecule has 0 radical (unpaired) electrons. The van der Waals surface area contributed by atoms with Crippen molar-refractivity contribution >= 4 is 17.9 Å². The Labute approximate surface area is 459 Å². The number of hydrogen-bond acceptors (Lipinski definition) is 6. The Morgan fingerprint density at radius 3 is 0.824 bits per heavy atom. The highest BCUT2D eigenvalue weighted by Gasteiger charge is 2.19. The van der Waals surface area contributed by atoms with E-state index in [2.05, 4.69) is 93.7 Å². The van der Waals surface area contributed by atoms with Crippen molar-refractivity contribution in [3.8, 4) is 0 Å². The van der Waals surface area contributed by atoms with Crippen molar-refractivity contribution in [3.05, 3.63) is 72.9 Å². The Morgan fingerprint density at radius 1 is 0.284 bits per heavy atom. The molecule has 6 heteroatoms. The molecule has 0 spiro atoms. The SMILES string of the molecule is CC/C=C\C/C=C\C/C=C\C/C=C\C/C=C\C/C=C\CCCCCCCCCCCCCCCCC(=O)OCC(COC(=O)CCCCCCCCCCCC)OC(=O)CCCCCCCCCCCCCCC. The largest absolute Gasteiger partial charge is 0.462 e. The zero-order valence-electron chi connectivity index (χ0n) is 49.1. The molecule has 1 atom stereocenters. The van der Waals surface area contributed by atoms with Crippen molar-refractivity contribution in [1.82, 2.24) is 0 Å². The van der Waals surface area contributed by atoms with Crippen molar-refractivity contribution in [1.29, 1.82) is 0 Å². The van der Waals surface area contributed by atoms with Crippen molar-refractivity contribution in [2.45, 2.75) is 329 Å². The van der Waals surface area contributed by atoms with E-state index in [0.717, 1.165) is 96.3 Å². The fourth-order valence-corrected chi connectivity index (χ4v) is 9.21. The maximum Gasteiger partial charge on any atom is 0.306 e. The lowest BCUT2D eigenvalue weighted by Crippen LogP contribution is -2.30. The van der Waals surface area contributed by atoms with E-state index >= 15 is 0 Å². The van der Waals surface area contributed by atoms with Crippen LogP contribution in [0.3, 0.4) is 0 Å². The first-order chi connectivity index (χ1) is 36.5. The van der Waals surface area contributed by atoms with E-state index in [-0.39, 0.29) is 31.1 Å². The summed E-state index contributed by atoms with van der Waals surface area (Å²) in [5, 5.41) is 0. The lowest BCUT2D eigenvalue weighted by Gasteiger charge is -2.18. The van der Waals surface area contributed by atoms with Gasteiger partial charge in [-0.15, -0.1) is 0 Å². The molecule has 0 aliphatic rings. The predicted octanol–water partition coefficient (Wildman–Crippen LogP) is 21.7. The number of hydrogen-bond donors (Lipinski definition) is 0. The van der Waals surface area contributed by atoms with Gasteiger partial charge < -0.3 is 14.2 Å². The van der Waals surface area contributed by atoms with Crippen LogP contribution in [-0.2, 0) is 28.6 Å². The van der Waals surface area contributed by atoms with E-state index in [1.807, 2.05) is 0 Å².